The number of carbonyl (C=O) groups is 1. The van der Waals surface area contributed by atoms with Crippen molar-refractivity contribution in [3.63, 3.8) is 0 Å². The molecule has 0 saturated carbocycles. The van der Waals surface area contributed by atoms with Gasteiger partial charge in [0, 0.05) is 41.6 Å². The number of benzene rings is 1. The predicted octanol–water partition coefficient (Wildman–Crippen LogP) is 1.62. The number of thioether (sulfide) groups is 1. The number of sulfonamides is 2. The number of hydrogen-bond donors (Lipinski definition) is 2. The van der Waals surface area contributed by atoms with E-state index in [2.05, 4.69) is 10.0 Å². The van der Waals surface area contributed by atoms with Crippen LogP contribution in [0.1, 0.15) is 4.88 Å². The van der Waals surface area contributed by atoms with E-state index < -0.39 is 43.1 Å². The monoisotopic (exact) mass is 520 g/mol. The standard InChI is InChI=1S/C17H20N4O7S4/c1-12-15(10-17(30-12)32(27,28)20-5-7-29-8-6-20)19-16(22)11-18-31(25,26)14-4-2-3-13(9-14)21(23)24/h2-4,9-10,18H,5-8,11H2,1H3,(H,19,22). The Morgan fingerprint density at radius 2 is 1.88 bits per heavy atom. The highest BCUT2D eigenvalue weighted by Crippen LogP contribution is 2.32. The summed E-state index contributed by atoms with van der Waals surface area (Å²) in [5.74, 6) is 0.730. The molecule has 32 heavy (non-hydrogen) atoms. The van der Waals surface area contributed by atoms with Gasteiger partial charge in [-0.2, -0.15) is 16.1 Å². The van der Waals surface area contributed by atoms with Crippen LogP contribution in [-0.2, 0) is 24.8 Å². The molecule has 1 aliphatic rings. The number of thiophene rings is 1. The molecule has 3 rings (SSSR count). The third kappa shape index (κ3) is 5.65. The fourth-order valence-electron chi connectivity index (χ4n) is 2.82. The number of nitro benzene ring substituents is 1. The molecule has 1 aliphatic heterocycles. The first-order valence-electron chi connectivity index (χ1n) is 9.23. The average Bonchev–Trinajstić information content (AvgIpc) is 3.14. The summed E-state index contributed by atoms with van der Waals surface area (Å²) in [5.41, 5.74) is -0.119. The summed E-state index contributed by atoms with van der Waals surface area (Å²) >= 11 is 2.71. The maximum Gasteiger partial charge on any atom is 0.270 e. The highest BCUT2D eigenvalue weighted by Gasteiger charge is 2.29. The van der Waals surface area contributed by atoms with Crippen molar-refractivity contribution in [1.82, 2.24) is 9.03 Å². The molecule has 2 aromatic rings. The van der Waals surface area contributed by atoms with E-state index >= 15 is 0 Å². The lowest BCUT2D eigenvalue weighted by molar-refractivity contribution is -0.385. The number of nitrogens with zero attached hydrogens (tertiary/aromatic N) is 2. The number of non-ortho nitro benzene ring substituents is 1. The summed E-state index contributed by atoms with van der Waals surface area (Å²) in [4.78, 5) is 22.6. The van der Waals surface area contributed by atoms with Crippen molar-refractivity contribution in [2.45, 2.75) is 16.0 Å². The van der Waals surface area contributed by atoms with Crippen LogP contribution in [0.5, 0.6) is 0 Å². The van der Waals surface area contributed by atoms with Crippen LogP contribution in [0.3, 0.4) is 0 Å². The minimum absolute atomic E-state index is 0.106. The van der Waals surface area contributed by atoms with Crippen molar-refractivity contribution >= 4 is 60.4 Å². The summed E-state index contributed by atoms with van der Waals surface area (Å²) in [6, 6.07) is 5.81. The van der Waals surface area contributed by atoms with Gasteiger partial charge in [-0.3, -0.25) is 14.9 Å². The van der Waals surface area contributed by atoms with Crippen molar-refractivity contribution in [3.8, 4) is 0 Å². The van der Waals surface area contributed by atoms with Crippen LogP contribution < -0.4 is 10.0 Å². The predicted molar refractivity (Wildman–Crippen MR) is 122 cm³/mol. The Morgan fingerprint density at radius 3 is 2.53 bits per heavy atom. The van der Waals surface area contributed by atoms with Gasteiger partial charge in [-0.1, -0.05) is 6.07 Å². The molecule has 1 aromatic heterocycles. The van der Waals surface area contributed by atoms with E-state index in [-0.39, 0.29) is 14.8 Å². The second-order valence-electron chi connectivity index (χ2n) is 6.68. The maximum absolute atomic E-state index is 12.8. The van der Waals surface area contributed by atoms with Crippen molar-refractivity contribution in [1.29, 1.82) is 0 Å². The molecular weight excluding hydrogens is 500 g/mol. The molecule has 1 aromatic carbocycles. The normalized spacial score (nSPS) is 15.4. The first kappa shape index (κ1) is 24.6. The largest absolute Gasteiger partial charge is 0.324 e. The molecule has 0 aliphatic carbocycles. The Hall–Kier alpha value is -2.04. The Balaban J connectivity index is 1.66. The number of aryl methyl sites for hydroxylation is 1. The minimum atomic E-state index is -4.16. The highest BCUT2D eigenvalue weighted by molar-refractivity contribution is 7.99. The van der Waals surface area contributed by atoms with Gasteiger partial charge >= 0.3 is 0 Å². The van der Waals surface area contributed by atoms with Crippen LogP contribution >= 0.6 is 23.1 Å². The van der Waals surface area contributed by atoms with Crippen molar-refractivity contribution in [2.24, 2.45) is 0 Å². The van der Waals surface area contributed by atoms with Gasteiger partial charge in [0.05, 0.1) is 22.1 Å². The lowest BCUT2D eigenvalue weighted by atomic mass is 10.3. The number of nitro groups is 1. The van der Waals surface area contributed by atoms with Crippen LogP contribution in [0.15, 0.2) is 39.4 Å². The van der Waals surface area contributed by atoms with Crippen LogP contribution in [0.4, 0.5) is 11.4 Å². The molecule has 0 radical (unpaired) electrons. The van der Waals surface area contributed by atoms with Gasteiger partial charge in [0.25, 0.3) is 15.7 Å². The topological polar surface area (TPSA) is 156 Å². The fraction of sp³-hybridized carbons (Fsp3) is 0.353. The van der Waals surface area contributed by atoms with Gasteiger partial charge in [0.1, 0.15) is 4.21 Å². The summed E-state index contributed by atoms with van der Waals surface area (Å²) in [6.07, 6.45) is 0. The second-order valence-corrected chi connectivity index (χ2v) is 13.1. The highest BCUT2D eigenvalue weighted by atomic mass is 32.2. The van der Waals surface area contributed by atoms with Crippen LogP contribution in [0, 0.1) is 17.0 Å². The number of carbonyl (C=O) groups excluding carboxylic acids is 1. The summed E-state index contributed by atoms with van der Waals surface area (Å²) in [6.45, 7) is 1.86. The summed E-state index contributed by atoms with van der Waals surface area (Å²) < 4.78 is 53.9. The molecule has 2 N–H and O–H groups in total. The quantitative estimate of drug-likeness (QED) is 0.393. The van der Waals surface area contributed by atoms with E-state index in [1.165, 1.54) is 22.5 Å². The Labute approximate surface area is 193 Å². The molecule has 0 bridgehead atoms. The van der Waals surface area contributed by atoms with Crippen molar-refractivity contribution in [2.75, 3.05) is 36.5 Å². The molecular formula is C17H20N4O7S4. The summed E-state index contributed by atoms with van der Waals surface area (Å²) in [5, 5.41) is 13.3. The van der Waals surface area contributed by atoms with Crippen LogP contribution in [0.25, 0.3) is 0 Å². The maximum atomic E-state index is 12.8. The molecule has 0 atom stereocenters. The first-order valence-corrected chi connectivity index (χ1v) is 14.1. The third-order valence-electron chi connectivity index (χ3n) is 4.49. The lowest BCUT2D eigenvalue weighted by Crippen LogP contribution is -2.37. The molecule has 0 spiro atoms. The fourth-order valence-corrected chi connectivity index (χ4v) is 7.97. The Morgan fingerprint density at radius 1 is 1.19 bits per heavy atom. The zero-order valence-electron chi connectivity index (χ0n) is 16.8. The number of nitrogens with one attached hydrogen (secondary N) is 2. The van der Waals surface area contributed by atoms with Crippen molar-refractivity contribution in [3.05, 3.63) is 45.3 Å². The van der Waals surface area contributed by atoms with Crippen LogP contribution in [-0.4, -0.2) is 63.1 Å². The number of hydrogen-bond acceptors (Lipinski definition) is 9. The molecule has 0 unspecified atom stereocenters. The van der Waals surface area contributed by atoms with E-state index in [4.69, 9.17) is 0 Å². The van der Waals surface area contributed by atoms with Gasteiger partial charge in [-0.25, -0.2) is 21.6 Å². The van der Waals surface area contributed by atoms with Gasteiger partial charge in [-0.05, 0) is 19.1 Å². The SMILES string of the molecule is Cc1sc(S(=O)(=O)N2CCSCC2)cc1NC(=O)CNS(=O)(=O)c1cccc([N+](=O)[O-])c1. The molecule has 2 heterocycles. The van der Waals surface area contributed by atoms with Gasteiger partial charge < -0.3 is 5.32 Å². The van der Waals surface area contributed by atoms with Crippen LogP contribution in [0.2, 0.25) is 0 Å². The average molecular weight is 521 g/mol. The lowest BCUT2D eigenvalue weighted by Gasteiger charge is -2.24. The zero-order valence-corrected chi connectivity index (χ0v) is 20.1. The number of rotatable bonds is 8. The van der Waals surface area contributed by atoms with Gasteiger partial charge in [0.15, 0.2) is 0 Å². The van der Waals surface area contributed by atoms with Crippen molar-refractivity contribution < 1.29 is 26.6 Å². The third-order valence-corrected chi connectivity index (χ3v) is 10.2. The molecule has 11 nitrogen and oxygen atoms in total. The van der Waals surface area contributed by atoms with E-state index in [1.54, 1.807) is 18.7 Å². The molecule has 1 saturated heterocycles. The molecule has 1 fully saturated rings. The van der Waals surface area contributed by atoms with E-state index in [0.717, 1.165) is 35.0 Å². The van der Waals surface area contributed by atoms with E-state index in [1.807, 2.05) is 0 Å². The molecule has 1 amide bonds. The molecule has 174 valence electrons. The number of amides is 1. The smallest absolute Gasteiger partial charge is 0.270 e. The summed E-state index contributed by atoms with van der Waals surface area (Å²) in [7, 11) is -7.83. The Kier molecular flexibility index (Phi) is 7.57. The molecule has 15 heteroatoms. The van der Waals surface area contributed by atoms with Gasteiger partial charge in [0.2, 0.25) is 15.9 Å². The van der Waals surface area contributed by atoms with E-state index in [0.29, 0.717) is 18.0 Å². The van der Waals surface area contributed by atoms with Gasteiger partial charge in [-0.15, -0.1) is 11.3 Å². The Bertz CT molecular complexity index is 1240. The number of anilines is 1. The second kappa shape index (κ2) is 9.84. The zero-order chi connectivity index (χ0) is 23.5. The van der Waals surface area contributed by atoms with E-state index in [9.17, 15) is 31.7 Å². The first-order chi connectivity index (χ1) is 15.0. The minimum Gasteiger partial charge on any atom is -0.324 e.